The second-order valence-electron chi connectivity index (χ2n) is 7.53. The van der Waals surface area contributed by atoms with Crippen molar-refractivity contribution in [1.29, 1.82) is 0 Å². The topological polar surface area (TPSA) is 38.1 Å². The number of fused-ring (bicyclic) bond motifs is 1. The number of hydrogen-bond donors (Lipinski definition) is 0. The monoisotopic (exact) mass is 469 g/mol. The van der Waals surface area contributed by atoms with Crippen LogP contribution in [0.4, 0.5) is 22.0 Å². The molecule has 0 saturated carbocycles. The summed E-state index contributed by atoms with van der Waals surface area (Å²) < 4.78 is 69.1. The van der Waals surface area contributed by atoms with Gasteiger partial charge in [0.25, 0.3) is 0 Å². The van der Waals surface area contributed by atoms with Crippen molar-refractivity contribution in [3.05, 3.63) is 87.2 Å². The quantitative estimate of drug-likeness (QED) is 0.504. The predicted octanol–water partition coefficient (Wildman–Crippen LogP) is 5.01. The summed E-state index contributed by atoms with van der Waals surface area (Å²) >= 11 is 5.75. The molecule has 4 nitrogen and oxygen atoms in total. The number of nitrogens with zero attached hydrogens (tertiary/aromatic N) is 3. The maximum absolute atomic E-state index is 14.2. The van der Waals surface area contributed by atoms with Gasteiger partial charge in [0, 0.05) is 22.7 Å². The summed E-state index contributed by atoms with van der Waals surface area (Å²) in [7, 11) is 0. The van der Waals surface area contributed by atoms with E-state index in [0.717, 1.165) is 10.7 Å². The molecule has 0 fully saturated rings. The fourth-order valence-corrected chi connectivity index (χ4v) is 3.91. The third-order valence-electron chi connectivity index (χ3n) is 5.36. The Morgan fingerprint density at radius 2 is 1.81 bits per heavy atom. The molecule has 1 aromatic heterocycles. The van der Waals surface area contributed by atoms with Crippen LogP contribution in [0.2, 0.25) is 5.02 Å². The molecule has 0 N–H and O–H groups in total. The van der Waals surface area contributed by atoms with Crippen LogP contribution in [0.15, 0.2) is 42.5 Å². The number of benzene rings is 2. The molecule has 4 rings (SSSR count). The molecule has 0 radical (unpaired) electrons. The average Bonchev–Trinajstić information content (AvgIpc) is 3.10. The number of carbonyl (C=O) groups excluding carboxylic acids is 1. The largest absolute Gasteiger partial charge is 0.435 e. The van der Waals surface area contributed by atoms with Gasteiger partial charge in [-0.25, -0.2) is 8.78 Å². The van der Waals surface area contributed by atoms with Crippen LogP contribution >= 0.6 is 11.6 Å². The van der Waals surface area contributed by atoms with Gasteiger partial charge in [0.05, 0.1) is 25.2 Å². The van der Waals surface area contributed by atoms with E-state index in [1.165, 1.54) is 41.3 Å². The van der Waals surface area contributed by atoms with Crippen molar-refractivity contribution in [2.24, 2.45) is 0 Å². The molecule has 2 heterocycles. The second kappa shape index (κ2) is 8.54. The van der Waals surface area contributed by atoms with Crippen LogP contribution in [0.5, 0.6) is 0 Å². The van der Waals surface area contributed by atoms with Gasteiger partial charge >= 0.3 is 6.18 Å². The second-order valence-corrected chi connectivity index (χ2v) is 7.97. The lowest BCUT2D eigenvalue weighted by atomic mass is 10.0. The maximum Gasteiger partial charge on any atom is 0.435 e. The van der Waals surface area contributed by atoms with E-state index >= 15 is 0 Å². The molecule has 1 aliphatic heterocycles. The van der Waals surface area contributed by atoms with Crippen LogP contribution < -0.4 is 0 Å². The normalized spacial score (nSPS) is 13.9. The molecule has 168 valence electrons. The highest BCUT2D eigenvalue weighted by molar-refractivity contribution is 6.30. The molecule has 0 aliphatic carbocycles. The standard InChI is InChI=1S/C22H17ClF5N3O/c23-15-4-3-14(18(25)10-15)11-31-19-12-30(8-7-17(19)21(29-31)22(26,27)28)20(32)9-13-1-5-16(24)6-2-13/h1-6,10H,7-9,11-12H2. The highest BCUT2D eigenvalue weighted by atomic mass is 35.5. The van der Waals surface area contributed by atoms with Gasteiger partial charge in [0.2, 0.25) is 5.91 Å². The van der Waals surface area contributed by atoms with Crippen molar-refractivity contribution in [2.45, 2.75) is 32.1 Å². The number of carbonyl (C=O) groups is 1. The summed E-state index contributed by atoms with van der Waals surface area (Å²) in [5.41, 5.74) is -0.0753. The number of amides is 1. The van der Waals surface area contributed by atoms with Gasteiger partial charge in [0.1, 0.15) is 11.6 Å². The van der Waals surface area contributed by atoms with Gasteiger partial charge in [-0.2, -0.15) is 18.3 Å². The smallest absolute Gasteiger partial charge is 0.336 e. The molecule has 1 aliphatic rings. The van der Waals surface area contributed by atoms with Gasteiger partial charge in [-0.05, 0) is 36.2 Å². The summed E-state index contributed by atoms with van der Waals surface area (Å²) in [6.07, 6.45) is -4.71. The van der Waals surface area contributed by atoms with E-state index in [4.69, 9.17) is 11.6 Å². The van der Waals surface area contributed by atoms with Crippen LogP contribution in [0.3, 0.4) is 0 Å². The summed E-state index contributed by atoms with van der Waals surface area (Å²) in [6, 6.07) is 9.36. The number of aromatic nitrogens is 2. The lowest BCUT2D eigenvalue weighted by Crippen LogP contribution is -2.38. The average molecular weight is 470 g/mol. The number of halogens is 6. The molecule has 10 heteroatoms. The molecule has 0 bridgehead atoms. The molecule has 0 unspecified atom stereocenters. The Labute approximate surface area is 185 Å². The fourth-order valence-electron chi connectivity index (χ4n) is 3.75. The molecule has 0 spiro atoms. The lowest BCUT2D eigenvalue weighted by molar-refractivity contribution is -0.142. The first-order valence-electron chi connectivity index (χ1n) is 9.73. The van der Waals surface area contributed by atoms with Crippen molar-refractivity contribution in [3.63, 3.8) is 0 Å². The first-order valence-corrected chi connectivity index (χ1v) is 10.1. The third kappa shape index (κ3) is 4.62. The highest BCUT2D eigenvalue weighted by Gasteiger charge is 2.41. The van der Waals surface area contributed by atoms with Crippen molar-refractivity contribution >= 4 is 17.5 Å². The molecule has 1 amide bonds. The number of rotatable bonds is 4. The molecule has 3 aromatic rings. The lowest BCUT2D eigenvalue weighted by Gasteiger charge is -2.28. The van der Waals surface area contributed by atoms with Crippen LogP contribution in [0.1, 0.15) is 28.1 Å². The van der Waals surface area contributed by atoms with E-state index in [1.807, 2.05) is 0 Å². The van der Waals surface area contributed by atoms with Gasteiger partial charge in [-0.3, -0.25) is 9.48 Å². The molecule has 0 atom stereocenters. The van der Waals surface area contributed by atoms with Crippen LogP contribution in [-0.2, 0) is 36.9 Å². The first kappa shape index (κ1) is 22.3. The zero-order chi connectivity index (χ0) is 23.0. The molecule has 32 heavy (non-hydrogen) atoms. The Kier molecular flexibility index (Phi) is 5.94. The summed E-state index contributed by atoms with van der Waals surface area (Å²) in [5, 5.41) is 3.89. The zero-order valence-corrected chi connectivity index (χ0v) is 17.4. The minimum Gasteiger partial charge on any atom is -0.336 e. The first-order chi connectivity index (χ1) is 15.1. The van der Waals surface area contributed by atoms with Crippen molar-refractivity contribution in [1.82, 2.24) is 14.7 Å². The van der Waals surface area contributed by atoms with E-state index in [1.54, 1.807) is 0 Å². The van der Waals surface area contributed by atoms with Crippen molar-refractivity contribution in [3.8, 4) is 0 Å². The van der Waals surface area contributed by atoms with Gasteiger partial charge < -0.3 is 4.90 Å². The van der Waals surface area contributed by atoms with Gasteiger partial charge in [-0.1, -0.05) is 29.8 Å². The van der Waals surface area contributed by atoms with E-state index in [2.05, 4.69) is 5.10 Å². The third-order valence-corrected chi connectivity index (χ3v) is 5.60. The summed E-state index contributed by atoms with van der Waals surface area (Å²) in [5.74, 6) is -1.39. The zero-order valence-electron chi connectivity index (χ0n) is 16.6. The van der Waals surface area contributed by atoms with Crippen LogP contribution in [0.25, 0.3) is 0 Å². The molecule has 2 aromatic carbocycles. The summed E-state index contributed by atoms with van der Waals surface area (Å²) in [6.45, 7) is -0.230. The number of hydrogen-bond acceptors (Lipinski definition) is 2. The predicted molar refractivity (Wildman–Crippen MR) is 107 cm³/mol. The Hall–Kier alpha value is -2.94. The van der Waals surface area contributed by atoms with Crippen molar-refractivity contribution in [2.75, 3.05) is 6.54 Å². The Morgan fingerprint density at radius 3 is 2.47 bits per heavy atom. The minimum absolute atomic E-state index is 0.0118. The van der Waals surface area contributed by atoms with Gasteiger partial charge in [0.15, 0.2) is 5.69 Å². The molecular formula is C22H17ClF5N3O. The fraction of sp³-hybridized carbons (Fsp3) is 0.273. The van der Waals surface area contributed by atoms with Gasteiger partial charge in [-0.15, -0.1) is 0 Å². The Morgan fingerprint density at radius 1 is 1.09 bits per heavy atom. The Balaban J connectivity index is 1.62. The van der Waals surface area contributed by atoms with E-state index < -0.39 is 23.5 Å². The van der Waals surface area contributed by atoms with Crippen LogP contribution in [-0.4, -0.2) is 27.1 Å². The highest BCUT2D eigenvalue weighted by Crippen LogP contribution is 2.35. The van der Waals surface area contributed by atoms with E-state index in [0.29, 0.717) is 5.56 Å². The summed E-state index contributed by atoms with van der Waals surface area (Å²) in [4.78, 5) is 14.2. The SMILES string of the molecule is O=C(Cc1ccc(F)cc1)N1CCc2c(C(F)(F)F)nn(Cc3ccc(Cl)cc3F)c2C1. The van der Waals surface area contributed by atoms with Crippen molar-refractivity contribution < 1.29 is 26.7 Å². The number of alkyl halides is 3. The molecule has 0 saturated heterocycles. The minimum atomic E-state index is -4.67. The molecular weight excluding hydrogens is 453 g/mol. The van der Waals surface area contributed by atoms with E-state index in [9.17, 15) is 26.7 Å². The maximum atomic E-state index is 14.2. The Bertz CT molecular complexity index is 1160. The van der Waals surface area contributed by atoms with E-state index in [-0.39, 0.29) is 60.2 Å². The van der Waals surface area contributed by atoms with Crippen LogP contribution in [0, 0.1) is 11.6 Å².